The molecule has 0 aromatic rings. The lowest BCUT2D eigenvalue weighted by molar-refractivity contribution is -0.134. The van der Waals surface area contributed by atoms with E-state index < -0.39 is 15.1 Å². The summed E-state index contributed by atoms with van der Waals surface area (Å²) in [5, 5.41) is -0.0620. The summed E-state index contributed by atoms with van der Waals surface area (Å²) in [6.07, 6.45) is 5.24. The van der Waals surface area contributed by atoms with Crippen LogP contribution in [0.15, 0.2) is 0 Å². The standard InChI is InChI=1S/C12H20BrNO3S/c13-7-8-14(10-4-3-5-10)12(15)11-6-1-2-9-18(11,16)17/h10-11H,1-9H2. The number of nitrogens with zero attached hydrogens (tertiary/aromatic N) is 1. The van der Waals surface area contributed by atoms with Gasteiger partial charge in [-0.15, -0.1) is 0 Å². The van der Waals surface area contributed by atoms with Gasteiger partial charge in [0.1, 0.15) is 5.25 Å². The van der Waals surface area contributed by atoms with Crippen LogP contribution in [0, 0.1) is 0 Å². The molecule has 0 spiro atoms. The zero-order chi connectivity index (χ0) is 13.2. The molecule has 1 aliphatic heterocycles. The van der Waals surface area contributed by atoms with Gasteiger partial charge >= 0.3 is 0 Å². The summed E-state index contributed by atoms with van der Waals surface area (Å²) in [7, 11) is -3.21. The van der Waals surface area contributed by atoms with Crippen molar-refractivity contribution in [2.24, 2.45) is 0 Å². The second-order valence-corrected chi connectivity index (χ2v) is 8.25. The molecule has 0 N–H and O–H groups in total. The SMILES string of the molecule is O=C(C1CCCCS1(=O)=O)N(CCBr)C1CCC1. The van der Waals surface area contributed by atoms with Crippen LogP contribution in [0.2, 0.25) is 0 Å². The minimum absolute atomic E-state index is 0.154. The number of hydrogen-bond acceptors (Lipinski definition) is 3. The van der Waals surface area contributed by atoms with Crippen molar-refractivity contribution in [2.45, 2.75) is 49.8 Å². The molecule has 2 fully saturated rings. The lowest BCUT2D eigenvalue weighted by Gasteiger charge is -2.39. The first-order chi connectivity index (χ1) is 8.56. The highest BCUT2D eigenvalue weighted by Crippen LogP contribution is 2.28. The van der Waals surface area contributed by atoms with Gasteiger partial charge < -0.3 is 4.90 Å². The molecule has 1 unspecified atom stereocenters. The van der Waals surface area contributed by atoms with Gasteiger partial charge in [0.05, 0.1) is 5.75 Å². The summed E-state index contributed by atoms with van der Waals surface area (Å²) in [4.78, 5) is 14.3. The van der Waals surface area contributed by atoms with Crippen LogP contribution in [-0.4, -0.2) is 48.1 Å². The molecule has 0 aromatic carbocycles. The maximum atomic E-state index is 12.5. The summed E-state index contributed by atoms with van der Waals surface area (Å²) in [6, 6.07) is 0.271. The van der Waals surface area contributed by atoms with Crippen LogP contribution >= 0.6 is 15.9 Å². The summed E-state index contributed by atoms with van der Waals surface area (Å²) < 4.78 is 24.0. The quantitative estimate of drug-likeness (QED) is 0.734. The van der Waals surface area contributed by atoms with Gasteiger partial charge in [-0.05, 0) is 32.1 Å². The van der Waals surface area contributed by atoms with E-state index in [1.807, 2.05) is 0 Å². The lowest BCUT2D eigenvalue weighted by atomic mass is 9.91. The molecule has 0 aromatic heterocycles. The minimum Gasteiger partial charge on any atom is -0.338 e. The molecule has 2 aliphatic rings. The first-order valence-corrected chi connectivity index (χ1v) is 9.48. The van der Waals surface area contributed by atoms with Crippen molar-refractivity contribution in [3.05, 3.63) is 0 Å². The Kier molecular flexibility index (Phi) is 4.69. The van der Waals surface area contributed by atoms with Gasteiger partial charge in [0.25, 0.3) is 0 Å². The Morgan fingerprint density at radius 1 is 1.17 bits per heavy atom. The molecule has 4 nitrogen and oxygen atoms in total. The summed E-state index contributed by atoms with van der Waals surface area (Å²) >= 11 is 3.35. The molecule has 6 heteroatoms. The Bertz CT molecular complexity index is 406. The first kappa shape index (κ1) is 14.3. The van der Waals surface area contributed by atoms with Crippen LogP contribution in [0.25, 0.3) is 0 Å². The van der Waals surface area contributed by atoms with Crippen LogP contribution in [0.5, 0.6) is 0 Å². The predicted molar refractivity (Wildman–Crippen MR) is 74.6 cm³/mol. The molecule has 1 amide bonds. The Morgan fingerprint density at radius 2 is 1.89 bits per heavy atom. The lowest BCUT2D eigenvalue weighted by Crippen LogP contribution is -2.52. The highest BCUT2D eigenvalue weighted by atomic mass is 79.9. The van der Waals surface area contributed by atoms with E-state index in [0.29, 0.717) is 24.7 Å². The number of carbonyl (C=O) groups excluding carboxylic acids is 1. The summed E-state index contributed by atoms with van der Waals surface area (Å²) in [6.45, 7) is 0.621. The van der Waals surface area contributed by atoms with E-state index in [-0.39, 0.29) is 17.7 Å². The molecule has 1 saturated heterocycles. The highest BCUT2D eigenvalue weighted by Gasteiger charge is 2.40. The van der Waals surface area contributed by atoms with Gasteiger partial charge in [0.15, 0.2) is 9.84 Å². The molecule has 1 heterocycles. The fourth-order valence-electron chi connectivity index (χ4n) is 2.68. The summed E-state index contributed by atoms with van der Waals surface area (Å²) in [5.41, 5.74) is 0. The maximum absolute atomic E-state index is 12.5. The maximum Gasteiger partial charge on any atom is 0.241 e. The van der Waals surface area contributed by atoms with Crippen molar-refractivity contribution in [3.63, 3.8) is 0 Å². The van der Waals surface area contributed by atoms with Crippen LogP contribution in [-0.2, 0) is 14.6 Å². The number of amides is 1. The number of sulfone groups is 1. The third kappa shape index (κ3) is 2.90. The zero-order valence-corrected chi connectivity index (χ0v) is 12.9. The Morgan fingerprint density at radius 3 is 2.39 bits per heavy atom. The minimum atomic E-state index is -3.21. The van der Waals surface area contributed by atoms with Crippen molar-refractivity contribution in [2.75, 3.05) is 17.6 Å². The molecule has 18 heavy (non-hydrogen) atoms. The first-order valence-electron chi connectivity index (χ1n) is 6.64. The van der Waals surface area contributed by atoms with E-state index in [0.717, 1.165) is 25.7 Å². The Labute approximate surface area is 117 Å². The Balaban J connectivity index is 2.11. The van der Waals surface area contributed by atoms with E-state index in [4.69, 9.17) is 0 Å². The molecule has 0 radical (unpaired) electrons. The number of alkyl halides is 1. The predicted octanol–water partition coefficient (Wildman–Crippen LogP) is 1.73. The normalized spacial score (nSPS) is 27.5. The van der Waals surface area contributed by atoms with E-state index in [9.17, 15) is 13.2 Å². The van der Waals surface area contributed by atoms with E-state index in [1.165, 1.54) is 0 Å². The monoisotopic (exact) mass is 337 g/mol. The molecule has 2 rings (SSSR count). The van der Waals surface area contributed by atoms with Crippen LogP contribution < -0.4 is 0 Å². The third-order valence-corrected chi connectivity index (χ3v) is 6.49. The van der Waals surface area contributed by atoms with E-state index in [1.54, 1.807) is 4.90 Å². The van der Waals surface area contributed by atoms with Crippen molar-refractivity contribution < 1.29 is 13.2 Å². The highest BCUT2D eigenvalue weighted by molar-refractivity contribution is 9.09. The molecule has 1 aliphatic carbocycles. The second kappa shape index (κ2) is 5.90. The van der Waals surface area contributed by atoms with Gasteiger partial charge in [0.2, 0.25) is 5.91 Å². The van der Waals surface area contributed by atoms with Crippen LogP contribution in [0.3, 0.4) is 0 Å². The zero-order valence-electron chi connectivity index (χ0n) is 10.5. The second-order valence-electron chi connectivity index (χ2n) is 5.16. The number of hydrogen-bond donors (Lipinski definition) is 0. The molecule has 1 saturated carbocycles. The molecular weight excluding hydrogens is 318 g/mol. The smallest absolute Gasteiger partial charge is 0.241 e. The number of halogens is 1. The molecule has 104 valence electrons. The van der Waals surface area contributed by atoms with Gasteiger partial charge in [-0.25, -0.2) is 8.42 Å². The van der Waals surface area contributed by atoms with Gasteiger partial charge in [-0.2, -0.15) is 0 Å². The van der Waals surface area contributed by atoms with E-state index >= 15 is 0 Å². The van der Waals surface area contributed by atoms with Crippen LogP contribution in [0.4, 0.5) is 0 Å². The third-order valence-electron chi connectivity index (χ3n) is 3.98. The molecular formula is C12H20BrNO3S. The van der Waals surface area contributed by atoms with Crippen LogP contribution in [0.1, 0.15) is 38.5 Å². The average Bonchev–Trinajstić information content (AvgIpc) is 2.24. The van der Waals surface area contributed by atoms with Crippen molar-refractivity contribution in [1.82, 2.24) is 4.90 Å². The fraction of sp³-hybridized carbons (Fsp3) is 0.917. The van der Waals surface area contributed by atoms with Gasteiger partial charge in [-0.3, -0.25) is 4.79 Å². The molecule has 0 bridgehead atoms. The van der Waals surface area contributed by atoms with E-state index in [2.05, 4.69) is 15.9 Å². The van der Waals surface area contributed by atoms with Gasteiger partial charge in [-0.1, -0.05) is 22.4 Å². The summed E-state index contributed by atoms with van der Waals surface area (Å²) in [5.74, 6) is 0.0230. The van der Waals surface area contributed by atoms with Crippen molar-refractivity contribution >= 4 is 31.7 Å². The molecule has 1 atom stereocenters. The largest absolute Gasteiger partial charge is 0.338 e. The van der Waals surface area contributed by atoms with Crippen molar-refractivity contribution in [3.8, 4) is 0 Å². The Hall–Kier alpha value is -0.100. The van der Waals surface area contributed by atoms with Crippen molar-refractivity contribution in [1.29, 1.82) is 0 Å². The number of carbonyl (C=O) groups is 1. The topological polar surface area (TPSA) is 54.5 Å². The fourth-order valence-corrected chi connectivity index (χ4v) is 4.92. The average molecular weight is 338 g/mol. The van der Waals surface area contributed by atoms with Gasteiger partial charge in [0, 0.05) is 17.9 Å². The number of rotatable bonds is 4.